The lowest BCUT2D eigenvalue weighted by atomic mass is 9.95. The summed E-state index contributed by atoms with van der Waals surface area (Å²) in [6, 6.07) is 0. The summed E-state index contributed by atoms with van der Waals surface area (Å²) in [6.45, 7) is -1.05. The van der Waals surface area contributed by atoms with Gasteiger partial charge in [-0.05, 0) is 0 Å². The molecule has 1 aliphatic rings. The number of rotatable bonds is 3. The van der Waals surface area contributed by atoms with Gasteiger partial charge in [0, 0.05) is 0 Å². The van der Waals surface area contributed by atoms with Crippen molar-refractivity contribution in [2.24, 2.45) is 0 Å². The summed E-state index contributed by atoms with van der Waals surface area (Å²) in [5, 5.41) is 45.3. The van der Waals surface area contributed by atoms with Gasteiger partial charge in [0.25, 0.3) is 0 Å². The monoisotopic (exact) mass is 238 g/mol. The van der Waals surface area contributed by atoms with E-state index in [0.717, 1.165) is 0 Å². The Morgan fingerprint density at radius 3 is 2.19 bits per heavy atom. The molecular weight excluding hydrogens is 224 g/mol. The summed E-state index contributed by atoms with van der Waals surface area (Å²) in [7, 11) is 0. The normalized spacial score (nSPS) is 39.4. The first kappa shape index (κ1) is 13.1. The van der Waals surface area contributed by atoms with Gasteiger partial charge in [0.1, 0.15) is 37.1 Å². The Balaban J connectivity index is 2.60. The van der Waals surface area contributed by atoms with Crippen LogP contribution in [0.2, 0.25) is 0 Å². The number of carbonyl (C=O) groups is 1. The fourth-order valence-electron chi connectivity index (χ4n) is 1.47. The van der Waals surface area contributed by atoms with Gasteiger partial charge in [-0.25, -0.2) is 4.79 Å². The van der Waals surface area contributed by atoms with E-state index < -0.39 is 49.9 Å². The summed E-state index contributed by atoms with van der Waals surface area (Å²) >= 11 is 0. The van der Waals surface area contributed by atoms with Crippen molar-refractivity contribution in [1.82, 2.24) is 0 Å². The molecule has 0 aromatic heterocycles. The number of hydrogen-bond acceptors (Lipinski definition) is 7. The molecule has 0 saturated carbocycles. The van der Waals surface area contributed by atoms with Gasteiger partial charge >= 0.3 is 6.16 Å². The second-order valence-electron chi connectivity index (χ2n) is 3.44. The molecule has 0 aliphatic carbocycles. The van der Waals surface area contributed by atoms with Crippen LogP contribution in [0.5, 0.6) is 0 Å². The van der Waals surface area contributed by atoms with Gasteiger partial charge in [0.05, 0.1) is 6.61 Å². The zero-order valence-corrected chi connectivity index (χ0v) is 8.26. The molecule has 1 heterocycles. The molecule has 94 valence electrons. The first-order chi connectivity index (χ1) is 7.47. The Morgan fingerprint density at radius 2 is 1.69 bits per heavy atom. The van der Waals surface area contributed by atoms with Crippen molar-refractivity contribution in [2.45, 2.75) is 30.5 Å². The standard InChI is InChI=1S/C8H14O8/c9-1-3-5(10)7(12)6(11)4(16-3)2-15-8(13)14/h3-7,9-12H,1-2H2,(H,13,14)/t3-,4?,5-,6+,7+/m1/s1. The zero-order valence-electron chi connectivity index (χ0n) is 8.26. The minimum Gasteiger partial charge on any atom is -0.450 e. The molecule has 8 heteroatoms. The van der Waals surface area contributed by atoms with E-state index in [1.54, 1.807) is 0 Å². The van der Waals surface area contributed by atoms with Crippen LogP contribution in [0.25, 0.3) is 0 Å². The van der Waals surface area contributed by atoms with Crippen LogP contribution >= 0.6 is 0 Å². The maximum atomic E-state index is 10.1. The van der Waals surface area contributed by atoms with Crippen molar-refractivity contribution in [3.05, 3.63) is 0 Å². The van der Waals surface area contributed by atoms with Crippen LogP contribution in [0.15, 0.2) is 0 Å². The number of hydrogen-bond donors (Lipinski definition) is 5. The molecule has 0 aromatic rings. The molecule has 5 N–H and O–H groups in total. The average Bonchev–Trinajstić information content (AvgIpc) is 2.25. The molecule has 0 radical (unpaired) electrons. The summed E-state index contributed by atoms with van der Waals surface area (Å²) in [6.07, 6.45) is -8.17. The van der Waals surface area contributed by atoms with Gasteiger partial charge in [-0.1, -0.05) is 0 Å². The topological polar surface area (TPSA) is 137 Å². The third kappa shape index (κ3) is 2.80. The lowest BCUT2D eigenvalue weighted by molar-refractivity contribution is -0.236. The highest BCUT2D eigenvalue weighted by atomic mass is 16.7. The SMILES string of the molecule is O=C(O)OCC1O[C@H](CO)[C@@H](O)[C@H](O)[C@H]1O. The first-order valence-electron chi connectivity index (χ1n) is 4.63. The zero-order chi connectivity index (χ0) is 12.3. The average molecular weight is 238 g/mol. The number of ether oxygens (including phenoxy) is 2. The van der Waals surface area contributed by atoms with E-state index in [4.69, 9.17) is 14.9 Å². The van der Waals surface area contributed by atoms with Crippen LogP contribution in [0.1, 0.15) is 0 Å². The van der Waals surface area contributed by atoms with E-state index in [1.807, 2.05) is 0 Å². The minimum atomic E-state index is -1.54. The molecule has 5 atom stereocenters. The predicted molar refractivity (Wildman–Crippen MR) is 47.7 cm³/mol. The molecule has 8 nitrogen and oxygen atoms in total. The van der Waals surface area contributed by atoms with Crippen molar-refractivity contribution in [2.75, 3.05) is 13.2 Å². The molecule has 0 spiro atoms. The van der Waals surface area contributed by atoms with Crippen molar-refractivity contribution < 1.29 is 39.8 Å². The van der Waals surface area contributed by atoms with Crippen molar-refractivity contribution >= 4 is 6.16 Å². The lowest BCUT2D eigenvalue weighted by Crippen LogP contribution is -2.59. The van der Waals surface area contributed by atoms with E-state index in [-0.39, 0.29) is 0 Å². The van der Waals surface area contributed by atoms with Crippen LogP contribution < -0.4 is 0 Å². The summed E-state index contributed by atoms with van der Waals surface area (Å²) in [5.41, 5.74) is 0. The van der Waals surface area contributed by atoms with E-state index in [1.165, 1.54) is 0 Å². The quantitative estimate of drug-likeness (QED) is 0.341. The summed E-state index contributed by atoms with van der Waals surface area (Å²) in [5.74, 6) is 0. The van der Waals surface area contributed by atoms with Crippen LogP contribution in [0.3, 0.4) is 0 Å². The van der Waals surface area contributed by atoms with Crippen LogP contribution in [-0.4, -0.2) is 75.4 Å². The second kappa shape index (κ2) is 5.41. The smallest absolute Gasteiger partial charge is 0.450 e. The van der Waals surface area contributed by atoms with Crippen LogP contribution in [-0.2, 0) is 9.47 Å². The Bertz CT molecular complexity index is 242. The fraction of sp³-hybridized carbons (Fsp3) is 0.875. The van der Waals surface area contributed by atoms with E-state index in [9.17, 15) is 20.1 Å². The number of aliphatic hydroxyl groups is 4. The van der Waals surface area contributed by atoms with Gasteiger partial charge in [-0.3, -0.25) is 0 Å². The van der Waals surface area contributed by atoms with E-state index in [2.05, 4.69) is 4.74 Å². The summed E-state index contributed by atoms with van der Waals surface area (Å²) < 4.78 is 9.17. The van der Waals surface area contributed by atoms with Gasteiger partial charge in [0.15, 0.2) is 0 Å². The van der Waals surface area contributed by atoms with Gasteiger partial charge in [-0.2, -0.15) is 0 Å². The molecule has 1 unspecified atom stereocenters. The Labute approximate surface area is 90.6 Å². The first-order valence-corrected chi connectivity index (χ1v) is 4.63. The van der Waals surface area contributed by atoms with Crippen molar-refractivity contribution in [3.8, 4) is 0 Å². The number of aliphatic hydroxyl groups excluding tert-OH is 4. The molecule has 0 bridgehead atoms. The molecule has 0 amide bonds. The second-order valence-corrected chi connectivity index (χ2v) is 3.44. The van der Waals surface area contributed by atoms with Crippen molar-refractivity contribution in [1.29, 1.82) is 0 Å². The molecule has 16 heavy (non-hydrogen) atoms. The van der Waals surface area contributed by atoms with Crippen LogP contribution in [0, 0.1) is 0 Å². The van der Waals surface area contributed by atoms with Gasteiger partial charge < -0.3 is 35.0 Å². The van der Waals surface area contributed by atoms with Crippen molar-refractivity contribution in [3.63, 3.8) is 0 Å². The van der Waals surface area contributed by atoms with E-state index in [0.29, 0.717) is 0 Å². The third-order valence-corrected chi connectivity index (χ3v) is 2.36. The minimum absolute atomic E-state index is 0.489. The number of carboxylic acid groups (broad SMARTS) is 1. The molecular formula is C8H14O8. The highest BCUT2D eigenvalue weighted by Crippen LogP contribution is 2.21. The van der Waals surface area contributed by atoms with Crippen LogP contribution in [0.4, 0.5) is 4.79 Å². The molecule has 1 aliphatic heterocycles. The summed E-state index contributed by atoms with van der Waals surface area (Å²) in [4.78, 5) is 10.1. The molecule has 1 fully saturated rings. The fourth-order valence-corrected chi connectivity index (χ4v) is 1.47. The Hall–Kier alpha value is -0.930. The van der Waals surface area contributed by atoms with E-state index >= 15 is 0 Å². The maximum absolute atomic E-state index is 10.1. The predicted octanol–water partition coefficient (Wildman–Crippen LogP) is -2.48. The molecule has 1 saturated heterocycles. The maximum Gasteiger partial charge on any atom is 0.505 e. The van der Waals surface area contributed by atoms with Gasteiger partial charge in [0.2, 0.25) is 0 Å². The third-order valence-electron chi connectivity index (χ3n) is 2.36. The Kier molecular flexibility index (Phi) is 4.44. The van der Waals surface area contributed by atoms with Gasteiger partial charge in [-0.15, -0.1) is 0 Å². The molecule has 0 aromatic carbocycles. The Morgan fingerprint density at radius 1 is 1.12 bits per heavy atom. The highest BCUT2D eigenvalue weighted by molar-refractivity contribution is 5.56. The highest BCUT2D eigenvalue weighted by Gasteiger charge is 2.43. The molecule has 1 rings (SSSR count). The lowest BCUT2D eigenvalue weighted by Gasteiger charge is -2.39. The largest absolute Gasteiger partial charge is 0.505 e.